The molecule has 1 saturated heterocycles. The van der Waals surface area contributed by atoms with Crippen LogP contribution in [0, 0.1) is 12.3 Å². The highest BCUT2D eigenvalue weighted by atomic mass is 16.6. The lowest BCUT2D eigenvalue weighted by Gasteiger charge is -1.81. The van der Waals surface area contributed by atoms with Gasteiger partial charge in [0, 0.05) is 12.7 Å². The van der Waals surface area contributed by atoms with Gasteiger partial charge in [-0.15, -0.1) is 6.42 Å². The fourth-order valence-corrected chi connectivity index (χ4v) is 0.809. The summed E-state index contributed by atoms with van der Waals surface area (Å²) < 4.78 is 0. The van der Waals surface area contributed by atoms with Crippen molar-refractivity contribution in [2.45, 2.75) is 6.42 Å². The molecule has 2 rings (SSSR count). The van der Waals surface area contributed by atoms with Crippen LogP contribution < -0.4 is 5.48 Å². The molecule has 0 aromatic carbocycles. The summed E-state index contributed by atoms with van der Waals surface area (Å²) in [4.78, 5) is 8.56. The zero-order valence-corrected chi connectivity index (χ0v) is 7.36. The van der Waals surface area contributed by atoms with E-state index in [1.54, 1.807) is 12.3 Å². The topological polar surface area (TPSA) is 34.2 Å². The second kappa shape index (κ2) is 6.18. The predicted molar refractivity (Wildman–Crippen MR) is 50.7 cm³/mol. The van der Waals surface area contributed by atoms with Gasteiger partial charge in [0.1, 0.15) is 5.69 Å². The molecule has 3 nitrogen and oxygen atoms in total. The van der Waals surface area contributed by atoms with Gasteiger partial charge in [-0.05, 0) is 18.6 Å². The molecule has 1 aliphatic heterocycles. The van der Waals surface area contributed by atoms with Crippen LogP contribution in [0.1, 0.15) is 12.1 Å². The Labute approximate surface area is 78.1 Å². The molecular formula is C10H12N2O. The second-order valence-corrected chi connectivity index (χ2v) is 2.46. The van der Waals surface area contributed by atoms with Crippen LogP contribution in [0.3, 0.4) is 0 Å². The van der Waals surface area contributed by atoms with Crippen LogP contribution in [0.2, 0.25) is 0 Å². The quantitative estimate of drug-likeness (QED) is 0.598. The Kier molecular flexibility index (Phi) is 4.62. The van der Waals surface area contributed by atoms with Crippen molar-refractivity contribution in [2.75, 3.05) is 13.2 Å². The molecule has 68 valence electrons. The minimum atomic E-state index is 0.688. The molecule has 1 fully saturated rings. The van der Waals surface area contributed by atoms with Gasteiger partial charge in [-0.25, -0.2) is 10.5 Å². The van der Waals surface area contributed by atoms with Crippen molar-refractivity contribution < 1.29 is 4.84 Å². The van der Waals surface area contributed by atoms with E-state index in [1.807, 2.05) is 12.1 Å². The molecule has 0 spiro atoms. The van der Waals surface area contributed by atoms with E-state index in [2.05, 4.69) is 16.4 Å². The summed E-state index contributed by atoms with van der Waals surface area (Å²) in [5.74, 6) is 2.42. The highest BCUT2D eigenvalue weighted by molar-refractivity contribution is 5.22. The number of aromatic nitrogens is 1. The van der Waals surface area contributed by atoms with E-state index < -0.39 is 0 Å². The van der Waals surface area contributed by atoms with Crippen molar-refractivity contribution >= 4 is 0 Å². The molecule has 1 aromatic rings. The van der Waals surface area contributed by atoms with Gasteiger partial charge < -0.3 is 4.84 Å². The lowest BCUT2D eigenvalue weighted by molar-refractivity contribution is 0.103. The van der Waals surface area contributed by atoms with Crippen LogP contribution in [0.5, 0.6) is 0 Å². The first-order valence-electron chi connectivity index (χ1n) is 4.16. The van der Waals surface area contributed by atoms with Crippen LogP contribution >= 0.6 is 0 Å². The first-order chi connectivity index (χ1) is 6.43. The number of nitrogens with one attached hydrogen (secondary N) is 1. The van der Waals surface area contributed by atoms with E-state index >= 15 is 0 Å². The highest BCUT2D eigenvalue weighted by Crippen LogP contribution is 1.87. The zero-order valence-electron chi connectivity index (χ0n) is 7.36. The van der Waals surface area contributed by atoms with E-state index in [0.717, 1.165) is 13.2 Å². The maximum atomic E-state index is 5.04. The predicted octanol–water partition coefficient (Wildman–Crippen LogP) is 0.974. The third-order valence-corrected chi connectivity index (χ3v) is 1.44. The number of hydrogen-bond acceptors (Lipinski definition) is 3. The Morgan fingerprint density at radius 2 is 2.46 bits per heavy atom. The SMILES string of the molecule is C#Cc1ccccn1.C1CNOC1. The van der Waals surface area contributed by atoms with Crippen molar-refractivity contribution in [3.05, 3.63) is 30.1 Å². The van der Waals surface area contributed by atoms with E-state index in [-0.39, 0.29) is 0 Å². The van der Waals surface area contributed by atoms with Gasteiger partial charge in [0.25, 0.3) is 0 Å². The molecule has 0 amide bonds. The maximum Gasteiger partial charge on any atom is 0.112 e. The molecule has 0 aliphatic carbocycles. The summed E-state index contributed by atoms with van der Waals surface area (Å²) in [5, 5.41) is 0. The summed E-state index contributed by atoms with van der Waals surface area (Å²) in [6, 6.07) is 5.49. The molecule has 1 aliphatic rings. The molecule has 3 heteroatoms. The molecule has 0 unspecified atom stereocenters. The van der Waals surface area contributed by atoms with E-state index in [1.165, 1.54) is 6.42 Å². The highest BCUT2D eigenvalue weighted by Gasteiger charge is 1.93. The number of rotatable bonds is 0. The van der Waals surface area contributed by atoms with Gasteiger partial charge in [0.05, 0.1) is 6.61 Å². The van der Waals surface area contributed by atoms with E-state index in [0.29, 0.717) is 5.69 Å². The Morgan fingerprint density at radius 3 is 2.77 bits per heavy atom. The fourth-order valence-electron chi connectivity index (χ4n) is 0.809. The Bertz CT molecular complexity index is 254. The first kappa shape index (κ1) is 9.72. The average molecular weight is 176 g/mol. The van der Waals surface area contributed by atoms with Crippen LogP contribution in [-0.4, -0.2) is 18.1 Å². The molecule has 2 heterocycles. The molecule has 0 atom stereocenters. The minimum absolute atomic E-state index is 0.688. The molecule has 0 saturated carbocycles. The number of nitrogens with zero attached hydrogens (tertiary/aromatic N) is 1. The summed E-state index contributed by atoms with van der Waals surface area (Å²) in [6.45, 7) is 1.92. The van der Waals surface area contributed by atoms with E-state index in [9.17, 15) is 0 Å². The Balaban J connectivity index is 0.000000145. The molecule has 1 N–H and O–H groups in total. The molecule has 0 bridgehead atoms. The van der Waals surface area contributed by atoms with Crippen molar-refractivity contribution in [1.82, 2.24) is 10.5 Å². The van der Waals surface area contributed by atoms with Crippen molar-refractivity contribution in [3.63, 3.8) is 0 Å². The smallest absolute Gasteiger partial charge is 0.112 e. The van der Waals surface area contributed by atoms with Crippen LogP contribution in [0.4, 0.5) is 0 Å². The number of hydrogen-bond donors (Lipinski definition) is 1. The summed E-state index contributed by atoms with van der Waals surface area (Å²) in [7, 11) is 0. The van der Waals surface area contributed by atoms with E-state index in [4.69, 9.17) is 11.3 Å². The molecular weight excluding hydrogens is 164 g/mol. The molecule has 13 heavy (non-hydrogen) atoms. The van der Waals surface area contributed by atoms with Crippen LogP contribution in [-0.2, 0) is 4.84 Å². The number of hydroxylamine groups is 1. The minimum Gasteiger partial charge on any atom is -0.302 e. The lowest BCUT2D eigenvalue weighted by atomic mass is 10.4. The Morgan fingerprint density at radius 1 is 1.54 bits per heavy atom. The van der Waals surface area contributed by atoms with Gasteiger partial charge in [0.2, 0.25) is 0 Å². The summed E-state index contributed by atoms with van der Waals surface area (Å²) >= 11 is 0. The van der Waals surface area contributed by atoms with Crippen LogP contribution in [0.15, 0.2) is 24.4 Å². The monoisotopic (exact) mass is 176 g/mol. The number of terminal acetylenes is 1. The maximum absolute atomic E-state index is 5.04. The second-order valence-electron chi connectivity index (χ2n) is 2.46. The van der Waals surface area contributed by atoms with Gasteiger partial charge >= 0.3 is 0 Å². The van der Waals surface area contributed by atoms with Gasteiger partial charge in [-0.1, -0.05) is 12.0 Å². The van der Waals surface area contributed by atoms with Gasteiger partial charge in [-0.2, -0.15) is 0 Å². The molecule has 1 aromatic heterocycles. The first-order valence-corrected chi connectivity index (χ1v) is 4.16. The molecule has 0 radical (unpaired) electrons. The summed E-state index contributed by atoms with van der Waals surface area (Å²) in [6.07, 6.45) is 7.88. The van der Waals surface area contributed by atoms with Crippen molar-refractivity contribution in [3.8, 4) is 12.3 Å². The van der Waals surface area contributed by atoms with Crippen molar-refractivity contribution in [2.24, 2.45) is 0 Å². The normalized spacial score (nSPS) is 14.1. The third kappa shape index (κ3) is 4.26. The average Bonchev–Trinajstić information content (AvgIpc) is 2.77. The van der Waals surface area contributed by atoms with Crippen molar-refractivity contribution in [1.29, 1.82) is 0 Å². The van der Waals surface area contributed by atoms with Crippen LogP contribution in [0.25, 0.3) is 0 Å². The lowest BCUT2D eigenvalue weighted by Crippen LogP contribution is -2.01. The largest absolute Gasteiger partial charge is 0.302 e. The Hall–Kier alpha value is -1.37. The fraction of sp³-hybridized carbons (Fsp3) is 0.300. The van der Waals surface area contributed by atoms with Gasteiger partial charge in [0.15, 0.2) is 0 Å². The summed E-state index contributed by atoms with van der Waals surface area (Å²) in [5.41, 5.74) is 3.41. The third-order valence-electron chi connectivity index (χ3n) is 1.44. The van der Waals surface area contributed by atoms with Gasteiger partial charge in [-0.3, -0.25) is 0 Å². The zero-order chi connectivity index (χ0) is 9.36. The standard InChI is InChI=1S/C7H5N.C3H7NO/c1-2-7-5-3-4-6-8-7;1-2-4-5-3-1/h1,3-6H;4H,1-3H2. The number of pyridine rings is 1.